The second kappa shape index (κ2) is 7.25. The summed E-state index contributed by atoms with van der Waals surface area (Å²) in [6.07, 6.45) is 4.43. The summed E-state index contributed by atoms with van der Waals surface area (Å²) >= 11 is 1.65. The molecule has 0 bridgehead atoms. The molecule has 4 nitrogen and oxygen atoms in total. The molecule has 1 N–H and O–H groups in total. The maximum atomic E-state index is 13.6. The van der Waals surface area contributed by atoms with E-state index in [-0.39, 0.29) is 18.1 Å². The number of nitrogens with one attached hydrogen (secondary N) is 1. The van der Waals surface area contributed by atoms with Gasteiger partial charge in [0.15, 0.2) is 0 Å². The SMILES string of the molecule is CN(Cc1nc2c(s1)CCCC2)C(=O)NCc1c(F)cccc1F. The lowest BCUT2D eigenvalue weighted by molar-refractivity contribution is 0.206. The van der Waals surface area contributed by atoms with Gasteiger partial charge in [-0.15, -0.1) is 11.3 Å². The quantitative estimate of drug-likeness (QED) is 0.914. The number of halogens is 2. The van der Waals surface area contributed by atoms with Gasteiger partial charge in [-0.3, -0.25) is 0 Å². The van der Waals surface area contributed by atoms with E-state index in [0.29, 0.717) is 6.54 Å². The van der Waals surface area contributed by atoms with Gasteiger partial charge in [0.1, 0.15) is 16.6 Å². The van der Waals surface area contributed by atoms with Gasteiger partial charge in [0.2, 0.25) is 0 Å². The van der Waals surface area contributed by atoms with E-state index < -0.39 is 11.6 Å². The van der Waals surface area contributed by atoms with Crippen LogP contribution in [0.1, 0.15) is 34.0 Å². The number of thiazole rings is 1. The zero-order valence-corrected chi connectivity index (χ0v) is 14.3. The van der Waals surface area contributed by atoms with E-state index in [0.717, 1.165) is 23.5 Å². The Hall–Kier alpha value is -2.02. The average molecular weight is 351 g/mol. The highest BCUT2D eigenvalue weighted by Gasteiger charge is 2.18. The lowest BCUT2D eigenvalue weighted by Gasteiger charge is -2.17. The van der Waals surface area contributed by atoms with Gasteiger partial charge in [0.25, 0.3) is 0 Å². The third-order valence-corrected chi connectivity index (χ3v) is 5.23. The van der Waals surface area contributed by atoms with Crippen LogP contribution in [-0.2, 0) is 25.9 Å². The number of urea groups is 1. The highest BCUT2D eigenvalue weighted by Crippen LogP contribution is 2.27. The van der Waals surface area contributed by atoms with Gasteiger partial charge in [-0.1, -0.05) is 6.07 Å². The van der Waals surface area contributed by atoms with E-state index in [9.17, 15) is 13.6 Å². The largest absolute Gasteiger partial charge is 0.334 e. The Morgan fingerprint density at radius 2 is 2.00 bits per heavy atom. The molecule has 7 heteroatoms. The Morgan fingerprint density at radius 3 is 2.71 bits per heavy atom. The van der Waals surface area contributed by atoms with E-state index in [2.05, 4.69) is 10.3 Å². The summed E-state index contributed by atoms with van der Waals surface area (Å²) in [4.78, 5) is 19.5. The zero-order valence-electron chi connectivity index (χ0n) is 13.4. The number of nitrogens with zero attached hydrogens (tertiary/aromatic N) is 2. The van der Waals surface area contributed by atoms with Crippen LogP contribution in [-0.4, -0.2) is 23.0 Å². The first-order chi connectivity index (χ1) is 11.5. The zero-order chi connectivity index (χ0) is 17.1. The number of benzene rings is 1. The van der Waals surface area contributed by atoms with Crippen molar-refractivity contribution in [1.82, 2.24) is 15.2 Å². The van der Waals surface area contributed by atoms with Gasteiger partial charge < -0.3 is 10.2 Å². The van der Waals surface area contributed by atoms with E-state index in [1.165, 1.54) is 40.8 Å². The van der Waals surface area contributed by atoms with Gasteiger partial charge in [-0.25, -0.2) is 18.6 Å². The highest BCUT2D eigenvalue weighted by atomic mass is 32.1. The van der Waals surface area contributed by atoms with Crippen LogP contribution in [0.25, 0.3) is 0 Å². The molecule has 1 aromatic carbocycles. The Bertz CT molecular complexity index is 704. The van der Waals surface area contributed by atoms with Crippen molar-refractivity contribution >= 4 is 17.4 Å². The van der Waals surface area contributed by atoms with Crippen molar-refractivity contribution < 1.29 is 13.6 Å². The minimum Gasteiger partial charge on any atom is -0.334 e. The molecule has 0 radical (unpaired) electrons. The van der Waals surface area contributed by atoms with Crippen molar-refractivity contribution in [3.8, 4) is 0 Å². The Labute approximate surface area is 143 Å². The predicted octanol–water partition coefficient (Wildman–Crippen LogP) is 3.64. The summed E-state index contributed by atoms with van der Waals surface area (Å²) in [7, 11) is 1.65. The van der Waals surface area contributed by atoms with E-state index in [1.54, 1.807) is 18.4 Å². The predicted molar refractivity (Wildman–Crippen MR) is 88.8 cm³/mol. The van der Waals surface area contributed by atoms with Gasteiger partial charge in [-0.05, 0) is 37.8 Å². The second-order valence-electron chi connectivity index (χ2n) is 5.90. The molecule has 24 heavy (non-hydrogen) atoms. The maximum absolute atomic E-state index is 13.6. The molecular weight excluding hydrogens is 332 g/mol. The van der Waals surface area contributed by atoms with Gasteiger partial charge in [-0.2, -0.15) is 0 Å². The van der Waals surface area contributed by atoms with Crippen molar-refractivity contribution in [2.45, 2.75) is 38.8 Å². The van der Waals surface area contributed by atoms with Crippen LogP contribution in [0, 0.1) is 11.6 Å². The van der Waals surface area contributed by atoms with Gasteiger partial charge in [0, 0.05) is 17.5 Å². The molecule has 0 spiro atoms. The monoisotopic (exact) mass is 351 g/mol. The van der Waals surface area contributed by atoms with Crippen LogP contribution in [0.5, 0.6) is 0 Å². The van der Waals surface area contributed by atoms with E-state index in [1.807, 2.05) is 0 Å². The molecule has 1 aliphatic rings. The fraction of sp³-hybridized carbons (Fsp3) is 0.412. The van der Waals surface area contributed by atoms with Crippen molar-refractivity contribution in [1.29, 1.82) is 0 Å². The molecule has 0 aliphatic heterocycles. The van der Waals surface area contributed by atoms with E-state index >= 15 is 0 Å². The first-order valence-electron chi connectivity index (χ1n) is 7.94. The van der Waals surface area contributed by atoms with Gasteiger partial charge >= 0.3 is 6.03 Å². The number of aromatic nitrogens is 1. The number of rotatable bonds is 4. The Balaban J connectivity index is 1.58. The standard InChI is InChI=1S/C17H19F2N3OS/c1-22(10-16-21-14-7-2-3-8-15(14)24-16)17(23)20-9-11-12(18)5-4-6-13(11)19/h4-6H,2-3,7-10H2,1H3,(H,20,23). The summed E-state index contributed by atoms with van der Waals surface area (Å²) in [5.74, 6) is -1.32. The average Bonchev–Trinajstić information content (AvgIpc) is 2.96. The number of carbonyl (C=O) groups is 1. The normalized spacial score (nSPS) is 13.5. The first-order valence-corrected chi connectivity index (χ1v) is 8.75. The van der Waals surface area contributed by atoms with Crippen LogP contribution >= 0.6 is 11.3 Å². The number of amides is 2. The Morgan fingerprint density at radius 1 is 1.29 bits per heavy atom. The number of aryl methyl sites for hydroxylation is 2. The Kier molecular flexibility index (Phi) is 5.08. The summed E-state index contributed by atoms with van der Waals surface area (Å²) in [5.41, 5.74) is 1.02. The number of carbonyl (C=O) groups excluding carboxylic acids is 1. The summed E-state index contributed by atoms with van der Waals surface area (Å²) in [6.45, 7) is 0.208. The molecule has 3 rings (SSSR count). The van der Waals surface area contributed by atoms with Crippen molar-refractivity contribution in [3.05, 3.63) is 51.0 Å². The number of hydrogen-bond acceptors (Lipinski definition) is 3. The van der Waals surface area contributed by atoms with Crippen LogP contribution in [0.15, 0.2) is 18.2 Å². The summed E-state index contributed by atoms with van der Waals surface area (Å²) in [6, 6.07) is 3.26. The van der Waals surface area contributed by atoms with Crippen molar-refractivity contribution in [2.24, 2.45) is 0 Å². The highest BCUT2D eigenvalue weighted by molar-refractivity contribution is 7.11. The molecule has 2 aromatic rings. The third kappa shape index (κ3) is 3.72. The molecule has 0 saturated heterocycles. The summed E-state index contributed by atoms with van der Waals surface area (Å²) < 4.78 is 27.1. The molecule has 0 fully saturated rings. The van der Waals surface area contributed by atoms with Crippen LogP contribution in [0.3, 0.4) is 0 Å². The van der Waals surface area contributed by atoms with Crippen LogP contribution in [0.2, 0.25) is 0 Å². The lowest BCUT2D eigenvalue weighted by Crippen LogP contribution is -2.36. The fourth-order valence-electron chi connectivity index (χ4n) is 2.75. The van der Waals surface area contributed by atoms with Crippen LogP contribution < -0.4 is 5.32 Å². The molecule has 1 heterocycles. The smallest absolute Gasteiger partial charge is 0.317 e. The number of hydrogen-bond donors (Lipinski definition) is 1. The molecule has 0 unspecified atom stereocenters. The van der Waals surface area contributed by atoms with Crippen molar-refractivity contribution in [2.75, 3.05) is 7.05 Å². The van der Waals surface area contributed by atoms with E-state index in [4.69, 9.17) is 0 Å². The molecule has 1 aliphatic carbocycles. The maximum Gasteiger partial charge on any atom is 0.317 e. The van der Waals surface area contributed by atoms with Crippen molar-refractivity contribution in [3.63, 3.8) is 0 Å². The molecule has 1 aromatic heterocycles. The molecule has 0 atom stereocenters. The minimum atomic E-state index is -0.662. The molecule has 0 saturated carbocycles. The lowest BCUT2D eigenvalue weighted by atomic mass is 10.0. The molecule has 2 amide bonds. The minimum absolute atomic E-state index is 0.135. The second-order valence-corrected chi connectivity index (χ2v) is 7.07. The van der Waals surface area contributed by atoms with Gasteiger partial charge in [0.05, 0.1) is 18.8 Å². The first kappa shape index (κ1) is 16.8. The summed E-state index contributed by atoms with van der Waals surface area (Å²) in [5, 5.41) is 3.45. The molecular formula is C17H19F2N3OS. The third-order valence-electron chi connectivity index (χ3n) is 4.09. The number of fused-ring (bicyclic) bond motifs is 1. The topological polar surface area (TPSA) is 45.2 Å². The fourth-order valence-corrected chi connectivity index (χ4v) is 3.96. The van der Waals surface area contributed by atoms with Crippen LogP contribution in [0.4, 0.5) is 13.6 Å². The molecule has 128 valence electrons.